The number of amides is 2. The van der Waals surface area contributed by atoms with Crippen molar-refractivity contribution in [2.75, 3.05) is 25.6 Å². The van der Waals surface area contributed by atoms with E-state index in [1.165, 1.54) is 0 Å². The molecule has 27 heavy (non-hydrogen) atoms. The zero-order chi connectivity index (χ0) is 19.6. The van der Waals surface area contributed by atoms with E-state index in [1.807, 2.05) is 44.2 Å². The lowest BCUT2D eigenvalue weighted by atomic mass is 10.1. The molecule has 1 atom stereocenters. The Bertz CT molecular complexity index is 731. The van der Waals surface area contributed by atoms with Crippen molar-refractivity contribution in [3.05, 3.63) is 53.6 Å². The summed E-state index contributed by atoms with van der Waals surface area (Å²) in [4.78, 5) is 12.3. The van der Waals surface area contributed by atoms with Crippen LogP contribution in [0.15, 0.2) is 42.5 Å². The fourth-order valence-electron chi connectivity index (χ4n) is 2.59. The van der Waals surface area contributed by atoms with Crippen LogP contribution >= 0.6 is 0 Å². The van der Waals surface area contributed by atoms with Crippen molar-refractivity contribution in [2.45, 2.75) is 32.7 Å². The van der Waals surface area contributed by atoms with Gasteiger partial charge in [-0.1, -0.05) is 18.2 Å². The first-order valence-corrected chi connectivity index (χ1v) is 9.05. The first-order valence-electron chi connectivity index (χ1n) is 9.05. The van der Waals surface area contributed by atoms with Gasteiger partial charge in [-0.15, -0.1) is 0 Å². The predicted molar refractivity (Wildman–Crippen MR) is 107 cm³/mol. The summed E-state index contributed by atoms with van der Waals surface area (Å²) in [5.41, 5.74) is 2.80. The van der Waals surface area contributed by atoms with Crippen molar-refractivity contribution in [1.29, 1.82) is 0 Å². The Balaban J connectivity index is 1.86. The molecule has 0 aliphatic carbocycles. The molecular formula is C21H28N2O4. The average Bonchev–Trinajstić information content (AvgIpc) is 2.63. The van der Waals surface area contributed by atoms with Gasteiger partial charge < -0.3 is 25.2 Å². The molecule has 0 bridgehead atoms. The molecule has 0 aliphatic rings. The van der Waals surface area contributed by atoms with Crippen LogP contribution in [0.1, 0.15) is 24.5 Å². The van der Waals surface area contributed by atoms with Gasteiger partial charge in [-0.2, -0.15) is 0 Å². The van der Waals surface area contributed by atoms with Crippen LogP contribution in [0.4, 0.5) is 10.5 Å². The zero-order valence-electron chi connectivity index (χ0n) is 16.1. The number of phenols is 1. The van der Waals surface area contributed by atoms with Gasteiger partial charge in [0.05, 0.1) is 12.3 Å². The molecular weight excluding hydrogens is 344 g/mol. The number of aryl methyl sites for hydroxylation is 2. The number of hydrogen-bond acceptors (Lipinski definition) is 4. The van der Waals surface area contributed by atoms with E-state index < -0.39 is 0 Å². The van der Waals surface area contributed by atoms with Gasteiger partial charge in [-0.3, -0.25) is 0 Å². The molecule has 2 amide bonds. The molecule has 0 saturated heterocycles. The molecule has 0 spiro atoms. The summed E-state index contributed by atoms with van der Waals surface area (Å²) in [6.07, 6.45) is 1.61. The molecule has 3 N–H and O–H groups in total. The normalized spacial score (nSPS) is 11.7. The van der Waals surface area contributed by atoms with Crippen LogP contribution in [0, 0.1) is 6.92 Å². The number of carbonyl (C=O) groups is 1. The largest absolute Gasteiger partial charge is 0.508 e. The molecule has 0 saturated carbocycles. The molecule has 0 heterocycles. The predicted octanol–water partition coefficient (Wildman–Crippen LogP) is 3.87. The second-order valence-corrected chi connectivity index (χ2v) is 6.55. The SMILES string of the molecule is COCCOc1cc(C)ccc1NC(=O)NC(C)CCc1ccc(O)cc1. The smallest absolute Gasteiger partial charge is 0.319 e. The number of carbonyl (C=O) groups excluding carboxylic acids is 1. The highest BCUT2D eigenvalue weighted by molar-refractivity contribution is 5.91. The zero-order valence-corrected chi connectivity index (χ0v) is 16.1. The first-order chi connectivity index (χ1) is 13.0. The van der Waals surface area contributed by atoms with Crippen molar-refractivity contribution in [2.24, 2.45) is 0 Å². The van der Waals surface area contributed by atoms with E-state index in [-0.39, 0.29) is 17.8 Å². The molecule has 2 rings (SSSR count). The van der Waals surface area contributed by atoms with Gasteiger partial charge in [0.1, 0.15) is 18.1 Å². The third-order valence-electron chi connectivity index (χ3n) is 4.11. The monoisotopic (exact) mass is 372 g/mol. The summed E-state index contributed by atoms with van der Waals surface area (Å²) in [6.45, 7) is 4.83. The van der Waals surface area contributed by atoms with Crippen LogP contribution in [-0.2, 0) is 11.2 Å². The second-order valence-electron chi connectivity index (χ2n) is 6.55. The lowest BCUT2D eigenvalue weighted by Crippen LogP contribution is -2.36. The van der Waals surface area contributed by atoms with E-state index in [9.17, 15) is 9.90 Å². The van der Waals surface area contributed by atoms with E-state index in [2.05, 4.69) is 10.6 Å². The van der Waals surface area contributed by atoms with Gasteiger partial charge in [0.2, 0.25) is 0 Å². The Kier molecular flexibility index (Phi) is 7.95. The quantitative estimate of drug-likeness (QED) is 0.584. The maximum Gasteiger partial charge on any atom is 0.319 e. The lowest BCUT2D eigenvalue weighted by molar-refractivity contribution is 0.146. The van der Waals surface area contributed by atoms with E-state index >= 15 is 0 Å². The highest BCUT2D eigenvalue weighted by atomic mass is 16.5. The molecule has 6 heteroatoms. The summed E-state index contributed by atoms with van der Waals surface area (Å²) in [5.74, 6) is 0.880. The van der Waals surface area contributed by atoms with Crippen LogP contribution < -0.4 is 15.4 Å². The van der Waals surface area contributed by atoms with Gasteiger partial charge in [0, 0.05) is 13.2 Å². The van der Waals surface area contributed by atoms with Crippen molar-refractivity contribution >= 4 is 11.7 Å². The number of benzene rings is 2. The standard InChI is InChI=1S/C21H28N2O4/c1-15-4-11-19(20(14-15)27-13-12-26-3)23-21(25)22-16(2)5-6-17-7-9-18(24)10-8-17/h4,7-11,14,16,24H,5-6,12-13H2,1-3H3,(H2,22,23,25). The summed E-state index contributed by atoms with van der Waals surface area (Å²) in [6, 6.07) is 12.5. The van der Waals surface area contributed by atoms with E-state index in [1.54, 1.807) is 19.2 Å². The van der Waals surface area contributed by atoms with Crippen LogP contribution in [0.3, 0.4) is 0 Å². The van der Waals surface area contributed by atoms with Gasteiger partial charge in [-0.05, 0) is 62.1 Å². The van der Waals surface area contributed by atoms with Crippen molar-refractivity contribution < 1.29 is 19.4 Å². The lowest BCUT2D eigenvalue weighted by Gasteiger charge is -2.17. The minimum absolute atomic E-state index is 0.00195. The fraction of sp³-hybridized carbons (Fsp3) is 0.381. The Hall–Kier alpha value is -2.73. The molecule has 0 aliphatic heterocycles. The highest BCUT2D eigenvalue weighted by Crippen LogP contribution is 2.25. The summed E-state index contributed by atoms with van der Waals surface area (Å²) >= 11 is 0. The van der Waals surface area contributed by atoms with Crippen LogP contribution in [0.2, 0.25) is 0 Å². The number of nitrogens with one attached hydrogen (secondary N) is 2. The summed E-state index contributed by atoms with van der Waals surface area (Å²) in [5, 5.41) is 15.1. The Morgan fingerprint density at radius 3 is 2.59 bits per heavy atom. The topological polar surface area (TPSA) is 79.8 Å². The van der Waals surface area contributed by atoms with Crippen LogP contribution in [0.25, 0.3) is 0 Å². The highest BCUT2D eigenvalue weighted by Gasteiger charge is 2.11. The first kappa shape index (κ1) is 20.6. The number of anilines is 1. The molecule has 146 valence electrons. The van der Waals surface area contributed by atoms with Gasteiger partial charge in [0.25, 0.3) is 0 Å². The van der Waals surface area contributed by atoms with E-state index in [0.29, 0.717) is 24.7 Å². The van der Waals surface area contributed by atoms with Crippen LogP contribution in [-0.4, -0.2) is 37.5 Å². The number of rotatable bonds is 9. The molecule has 2 aromatic carbocycles. The third-order valence-corrected chi connectivity index (χ3v) is 4.11. The minimum Gasteiger partial charge on any atom is -0.508 e. The maximum absolute atomic E-state index is 12.3. The fourth-order valence-corrected chi connectivity index (χ4v) is 2.59. The van der Waals surface area contributed by atoms with Gasteiger partial charge in [0.15, 0.2) is 0 Å². The van der Waals surface area contributed by atoms with Gasteiger partial charge >= 0.3 is 6.03 Å². The Labute approximate surface area is 160 Å². The third kappa shape index (κ3) is 7.19. The Morgan fingerprint density at radius 1 is 1.15 bits per heavy atom. The Morgan fingerprint density at radius 2 is 1.89 bits per heavy atom. The second kappa shape index (κ2) is 10.4. The average molecular weight is 372 g/mol. The number of phenolic OH excluding ortho intramolecular Hbond substituents is 1. The number of methoxy groups -OCH3 is 1. The molecule has 0 radical (unpaired) electrons. The summed E-state index contributed by atoms with van der Waals surface area (Å²) < 4.78 is 10.7. The van der Waals surface area contributed by atoms with Crippen LogP contribution in [0.5, 0.6) is 11.5 Å². The molecule has 1 unspecified atom stereocenters. The minimum atomic E-state index is -0.270. The van der Waals surface area contributed by atoms with Gasteiger partial charge in [-0.25, -0.2) is 4.79 Å². The molecule has 0 aromatic heterocycles. The molecule has 2 aromatic rings. The number of ether oxygens (including phenoxy) is 2. The van der Waals surface area contributed by atoms with Crippen molar-refractivity contribution in [3.8, 4) is 11.5 Å². The molecule has 6 nitrogen and oxygen atoms in total. The number of aromatic hydroxyl groups is 1. The number of urea groups is 1. The maximum atomic E-state index is 12.3. The summed E-state index contributed by atoms with van der Waals surface area (Å²) in [7, 11) is 1.62. The number of hydrogen-bond donors (Lipinski definition) is 3. The van der Waals surface area contributed by atoms with Crippen molar-refractivity contribution in [3.63, 3.8) is 0 Å². The van der Waals surface area contributed by atoms with E-state index in [4.69, 9.17) is 9.47 Å². The molecule has 0 fully saturated rings. The van der Waals surface area contributed by atoms with Crippen molar-refractivity contribution in [1.82, 2.24) is 5.32 Å². The van der Waals surface area contributed by atoms with E-state index in [0.717, 1.165) is 24.0 Å².